The van der Waals surface area contributed by atoms with Crippen LogP contribution in [0.3, 0.4) is 0 Å². The molecule has 4 rings (SSSR count). The molecular weight excluding hydrogens is 456 g/mol. The summed E-state index contributed by atoms with van der Waals surface area (Å²) in [4.78, 5) is 39.0. The SMILES string of the molecule is CCOC(=O)c1ccc2c(c1)NC(=O)C2=C(Nc1ccc(N(C)C(=O)CCN)cc1)c1ccccc1. The molecule has 0 spiro atoms. The molecule has 0 aromatic heterocycles. The van der Waals surface area contributed by atoms with E-state index < -0.39 is 5.97 Å². The van der Waals surface area contributed by atoms with Gasteiger partial charge in [0.15, 0.2) is 0 Å². The van der Waals surface area contributed by atoms with Crippen LogP contribution in [0.2, 0.25) is 0 Å². The molecule has 0 fully saturated rings. The predicted molar refractivity (Wildman–Crippen MR) is 141 cm³/mol. The van der Waals surface area contributed by atoms with Crippen LogP contribution in [-0.2, 0) is 14.3 Å². The van der Waals surface area contributed by atoms with E-state index >= 15 is 0 Å². The Labute approximate surface area is 209 Å². The summed E-state index contributed by atoms with van der Waals surface area (Å²) in [5.74, 6) is -0.781. The number of nitrogens with one attached hydrogen (secondary N) is 2. The average Bonchev–Trinajstić information content (AvgIpc) is 3.22. The van der Waals surface area contributed by atoms with Crippen LogP contribution in [0.15, 0.2) is 72.8 Å². The molecule has 1 aliphatic heterocycles. The maximum atomic E-state index is 13.1. The van der Waals surface area contributed by atoms with Crippen molar-refractivity contribution in [1.29, 1.82) is 0 Å². The molecule has 8 heteroatoms. The number of hydrogen-bond donors (Lipinski definition) is 3. The van der Waals surface area contributed by atoms with Crippen molar-refractivity contribution in [3.8, 4) is 0 Å². The van der Waals surface area contributed by atoms with Crippen LogP contribution in [0.4, 0.5) is 17.1 Å². The number of fused-ring (bicyclic) bond motifs is 1. The molecule has 0 aliphatic carbocycles. The summed E-state index contributed by atoms with van der Waals surface area (Å²) < 4.78 is 5.09. The van der Waals surface area contributed by atoms with Crippen LogP contribution in [0, 0.1) is 0 Å². The van der Waals surface area contributed by atoms with Gasteiger partial charge in [0.05, 0.1) is 29.1 Å². The fraction of sp³-hybridized carbons (Fsp3) is 0.179. The number of nitrogens with zero attached hydrogens (tertiary/aromatic N) is 1. The number of esters is 1. The van der Waals surface area contributed by atoms with E-state index in [4.69, 9.17) is 10.5 Å². The maximum absolute atomic E-state index is 13.1. The van der Waals surface area contributed by atoms with E-state index in [1.165, 1.54) is 0 Å². The normalized spacial score (nSPS) is 13.5. The number of rotatable bonds is 8. The lowest BCUT2D eigenvalue weighted by Crippen LogP contribution is -2.27. The Kier molecular flexibility index (Phi) is 7.46. The first-order chi connectivity index (χ1) is 17.4. The molecule has 1 heterocycles. The van der Waals surface area contributed by atoms with Gasteiger partial charge in [0.1, 0.15) is 0 Å². The number of nitrogens with two attached hydrogens (primary N) is 1. The molecule has 3 aromatic rings. The minimum atomic E-state index is -0.441. The van der Waals surface area contributed by atoms with Crippen molar-refractivity contribution in [3.05, 3.63) is 89.5 Å². The van der Waals surface area contributed by atoms with Crippen LogP contribution in [0.1, 0.15) is 34.8 Å². The molecule has 4 N–H and O–H groups in total. The molecule has 0 bridgehead atoms. The van der Waals surface area contributed by atoms with Gasteiger partial charge in [-0.2, -0.15) is 0 Å². The number of benzene rings is 3. The zero-order valence-electron chi connectivity index (χ0n) is 20.2. The third-order valence-corrected chi connectivity index (χ3v) is 5.84. The Hall–Kier alpha value is -4.43. The van der Waals surface area contributed by atoms with E-state index in [0.717, 1.165) is 16.9 Å². The van der Waals surface area contributed by atoms with Crippen molar-refractivity contribution in [2.24, 2.45) is 5.73 Å². The summed E-state index contributed by atoms with van der Waals surface area (Å²) in [6.45, 7) is 2.31. The molecule has 0 radical (unpaired) electrons. The van der Waals surface area contributed by atoms with Crippen molar-refractivity contribution in [2.45, 2.75) is 13.3 Å². The smallest absolute Gasteiger partial charge is 0.338 e. The van der Waals surface area contributed by atoms with Gasteiger partial charge in [-0.25, -0.2) is 4.79 Å². The van der Waals surface area contributed by atoms with Crippen LogP contribution in [0.5, 0.6) is 0 Å². The predicted octanol–water partition coefficient (Wildman–Crippen LogP) is 4.11. The first-order valence-electron chi connectivity index (χ1n) is 11.7. The largest absolute Gasteiger partial charge is 0.462 e. The summed E-state index contributed by atoms with van der Waals surface area (Å²) in [5, 5.41) is 6.26. The molecule has 1 aliphatic rings. The van der Waals surface area contributed by atoms with Crippen LogP contribution >= 0.6 is 0 Å². The van der Waals surface area contributed by atoms with Crippen molar-refractivity contribution in [2.75, 3.05) is 35.7 Å². The van der Waals surface area contributed by atoms with Gasteiger partial charge >= 0.3 is 5.97 Å². The highest BCUT2D eigenvalue weighted by atomic mass is 16.5. The van der Waals surface area contributed by atoms with Gasteiger partial charge in [-0.1, -0.05) is 36.4 Å². The lowest BCUT2D eigenvalue weighted by atomic mass is 9.99. The minimum absolute atomic E-state index is 0.0632. The van der Waals surface area contributed by atoms with Gasteiger partial charge < -0.3 is 26.0 Å². The van der Waals surface area contributed by atoms with Gasteiger partial charge in [-0.05, 0) is 48.9 Å². The second kappa shape index (κ2) is 10.9. The monoisotopic (exact) mass is 484 g/mol. The molecule has 3 aromatic carbocycles. The number of carbonyl (C=O) groups excluding carboxylic acids is 3. The highest BCUT2D eigenvalue weighted by molar-refractivity contribution is 6.37. The van der Waals surface area contributed by atoms with Gasteiger partial charge in [0.25, 0.3) is 5.91 Å². The Morgan fingerprint density at radius 3 is 2.39 bits per heavy atom. The summed E-state index contributed by atoms with van der Waals surface area (Å²) >= 11 is 0. The Balaban J connectivity index is 1.72. The van der Waals surface area contributed by atoms with Gasteiger partial charge in [-0.15, -0.1) is 0 Å². The third kappa shape index (κ3) is 5.13. The fourth-order valence-electron chi connectivity index (χ4n) is 3.99. The Morgan fingerprint density at radius 1 is 1.00 bits per heavy atom. The summed E-state index contributed by atoms with van der Waals surface area (Å²) in [5.41, 5.74) is 10.5. The standard InChI is InChI=1S/C28H28N4O4/c1-3-36-28(35)19-9-14-22-23(17-19)31-27(34)25(22)26(18-7-5-4-6-8-18)30-20-10-12-21(13-11-20)32(2)24(33)15-16-29/h4-14,17,30H,3,15-16,29H2,1-2H3,(H,31,34). The Morgan fingerprint density at radius 2 is 1.72 bits per heavy atom. The lowest BCUT2D eigenvalue weighted by molar-refractivity contribution is -0.118. The second-order valence-corrected chi connectivity index (χ2v) is 8.21. The Bertz CT molecular complexity index is 1320. The van der Waals surface area contributed by atoms with Crippen LogP contribution in [-0.4, -0.2) is 38.0 Å². The number of ether oxygens (including phenoxy) is 1. The van der Waals surface area contributed by atoms with Gasteiger partial charge in [0.2, 0.25) is 5.91 Å². The third-order valence-electron chi connectivity index (χ3n) is 5.84. The molecule has 0 saturated heterocycles. The van der Waals surface area contributed by atoms with E-state index in [-0.39, 0.29) is 24.8 Å². The summed E-state index contributed by atoms with van der Waals surface area (Å²) in [6.07, 6.45) is 0.271. The van der Waals surface area contributed by atoms with E-state index in [0.29, 0.717) is 34.6 Å². The molecule has 36 heavy (non-hydrogen) atoms. The van der Waals surface area contributed by atoms with E-state index in [1.54, 1.807) is 37.1 Å². The van der Waals surface area contributed by atoms with Crippen molar-refractivity contribution in [3.63, 3.8) is 0 Å². The fourth-order valence-corrected chi connectivity index (χ4v) is 3.99. The molecule has 0 saturated carbocycles. The van der Waals surface area contributed by atoms with Crippen LogP contribution in [0.25, 0.3) is 11.3 Å². The van der Waals surface area contributed by atoms with E-state index in [1.807, 2.05) is 54.6 Å². The zero-order valence-corrected chi connectivity index (χ0v) is 20.2. The zero-order chi connectivity index (χ0) is 25.7. The second-order valence-electron chi connectivity index (χ2n) is 8.21. The van der Waals surface area contributed by atoms with Gasteiger partial charge in [-0.3, -0.25) is 9.59 Å². The highest BCUT2D eigenvalue weighted by Crippen LogP contribution is 2.38. The maximum Gasteiger partial charge on any atom is 0.338 e. The molecule has 184 valence electrons. The van der Waals surface area contributed by atoms with E-state index in [2.05, 4.69) is 10.6 Å². The number of hydrogen-bond acceptors (Lipinski definition) is 6. The van der Waals surface area contributed by atoms with Crippen LogP contribution < -0.4 is 21.3 Å². The minimum Gasteiger partial charge on any atom is -0.462 e. The molecule has 2 amide bonds. The van der Waals surface area contributed by atoms with Gasteiger partial charge in [0, 0.05) is 37.0 Å². The quantitative estimate of drug-likeness (QED) is 0.328. The molecule has 8 nitrogen and oxygen atoms in total. The number of amides is 2. The lowest BCUT2D eigenvalue weighted by Gasteiger charge is -2.19. The molecule has 0 unspecified atom stereocenters. The summed E-state index contributed by atoms with van der Waals surface area (Å²) in [7, 11) is 1.71. The average molecular weight is 485 g/mol. The van der Waals surface area contributed by atoms with Crippen molar-refractivity contribution < 1.29 is 19.1 Å². The molecular formula is C28H28N4O4. The first kappa shape index (κ1) is 24.7. The summed E-state index contributed by atoms with van der Waals surface area (Å²) in [6, 6.07) is 21.9. The molecule has 0 atom stereocenters. The highest BCUT2D eigenvalue weighted by Gasteiger charge is 2.29. The first-order valence-corrected chi connectivity index (χ1v) is 11.7. The van der Waals surface area contributed by atoms with E-state index in [9.17, 15) is 14.4 Å². The van der Waals surface area contributed by atoms with Crippen molar-refractivity contribution in [1.82, 2.24) is 0 Å². The number of carbonyl (C=O) groups is 3. The number of anilines is 3. The van der Waals surface area contributed by atoms with Crippen molar-refractivity contribution >= 4 is 46.1 Å². The topological polar surface area (TPSA) is 114 Å².